The number of benzene rings is 8. The van der Waals surface area contributed by atoms with Crippen LogP contribution in [0.2, 0.25) is 0 Å². The molecular formula is C51H31N5O. The lowest BCUT2D eigenvalue weighted by atomic mass is 10.1. The van der Waals surface area contributed by atoms with E-state index in [9.17, 15) is 0 Å². The van der Waals surface area contributed by atoms with Gasteiger partial charge in [0.1, 0.15) is 11.2 Å². The van der Waals surface area contributed by atoms with Crippen LogP contribution in [0.5, 0.6) is 0 Å². The van der Waals surface area contributed by atoms with Gasteiger partial charge >= 0.3 is 0 Å². The van der Waals surface area contributed by atoms with E-state index in [1.807, 2.05) is 66.7 Å². The van der Waals surface area contributed by atoms with E-state index in [0.717, 1.165) is 61.0 Å². The van der Waals surface area contributed by atoms with Crippen molar-refractivity contribution in [1.29, 1.82) is 0 Å². The Hall–Kier alpha value is -7.83. The highest BCUT2D eigenvalue weighted by Gasteiger charge is 2.21. The summed E-state index contributed by atoms with van der Waals surface area (Å²) in [5.74, 6) is 1.85. The maximum atomic E-state index is 6.56. The van der Waals surface area contributed by atoms with E-state index < -0.39 is 0 Å². The fourth-order valence-electron chi connectivity index (χ4n) is 8.63. The summed E-state index contributed by atoms with van der Waals surface area (Å²) in [6.07, 6.45) is 0. The van der Waals surface area contributed by atoms with Crippen molar-refractivity contribution in [3.63, 3.8) is 0 Å². The predicted molar refractivity (Wildman–Crippen MR) is 232 cm³/mol. The van der Waals surface area contributed by atoms with Crippen molar-refractivity contribution >= 4 is 65.6 Å². The Morgan fingerprint density at radius 3 is 1.42 bits per heavy atom. The minimum Gasteiger partial charge on any atom is -0.456 e. The van der Waals surface area contributed by atoms with Gasteiger partial charge in [-0.2, -0.15) is 0 Å². The summed E-state index contributed by atoms with van der Waals surface area (Å²) in [7, 11) is 0. The molecule has 266 valence electrons. The zero-order valence-corrected chi connectivity index (χ0v) is 30.5. The van der Waals surface area contributed by atoms with Crippen molar-refractivity contribution in [2.75, 3.05) is 0 Å². The lowest BCUT2D eigenvalue weighted by Gasteiger charge is -2.09. The first-order chi connectivity index (χ1) is 28.3. The second-order valence-corrected chi connectivity index (χ2v) is 14.4. The van der Waals surface area contributed by atoms with Gasteiger partial charge in [-0.3, -0.25) is 0 Å². The molecule has 0 bridgehead atoms. The zero-order chi connectivity index (χ0) is 37.5. The maximum absolute atomic E-state index is 6.56. The van der Waals surface area contributed by atoms with Crippen molar-refractivity contribution in [3.05, 3.63) is 188 Å². The molecule has 6 heteroatoms. The van der Waals surface area contributed by atoms with Crippen LogP contribution in [-0.4, -0.2) is 24.1 Å². The third kappa shape index (κ3) is 4.87. The van der Waals surface area contributed by atoms with Crippen molar-refractivity contribution in [3.8, 4) is 45.5 Å². The summed E-state index contributed by atoms with van der Waals surface area (Å²) in [5, 5.41) is 7.05. The average Bonchev–Trinajstić information content (AvgIpc) is 3.94. The topological polar surface area (TPSA) is 61.7 Å². The lowest BCUT2D eigenvalue weighted by molar-refractivity contribution is 0.669. The van der Waals surface area contributed by atoms with Gasteiger partial charge in [0.15, 0.2) is 17.5 Å². The number of hydrogen-bond acceptors (Lipinski definition) is 4. The Kier molecular flexibility index (Phi) is 6.83. The average molecular weight is 730 g/mol. The molecule has 0 aliphatic heterocycles. The summed E-state index contributed by atoms with van der Waals surface area (Å²) in [6, 6.07) is 65.6. The first-order valence-electron chi connectivity index (χ1n) is 19.1. The highest BCUT2D eigenvalue weighted by molar-refractivity contribution is 6.29. The van der Waals surface area contributed by atoms with Crippen LogP contribution in [0.1, 0.15) is 0 Å². The van der Waals surface area contributed by atoms with E-state index >= 15 is 0 Å². The van der Waals surface area contributed by atoms with Crippen LogP contribution in [0.25, 0.3) is 111 Å². The first kappa shape index (κ1) is 31.5. The van der Waals surface area contributed by atoms with E-state index in [-0.39, 0.29) is 0 Å². The molecular weight excluding hydrogens is 699 g/mol. The fraction of sp³-hybridized carbons (Fsp3) is 0. The molecule has 57 heavy (non-hydrogen) atoms. The Morgan fingerprint density at radius 2 is 0.825 bits per heavy atom. The van der Waals surface area contributed by atoms with Crippen molar-refractivity contribution in [1.82, 2.24) is 24.1 Å². The zero-order valence-electron chi connectivity index (χ0n) is 30.5. The van der Waals surface area contributed by atoms with E-state index in [0.29, 0.717) is 17.5 Å². The number of hydrogen-bond donors (Lipinski definition) is 0. The molecule has 0 unspecified atom stereocenters. The molecule has 6 nitrogen and oxygen atoms in total. The second-order valence-electron chi connectivity index (χ2n) is 14.4. The van der Waals surface area contributed by atoms with Gasteiger partial charge in [-0.25, -0.2) is 15.0 Å². The van der Waals surface area contributed by atoms with Crippen LogP contribution in [0.15, 0.2) is 192 Å². The monoisotopic (exact) mass is 729 g/mol. The smallest absolute Gasteiger partial charge is 0.164 e. The molecule has 0 radical (unpaired) electrons. The van der Waals surface area contributed by atoms with Gasteiger partial charge in [0.25, 0.3) is 0 Å². The molecule has 12 rings (SSSR count). The largest absolute Gasteiger partial charge is 0.456 e. The maximum Gasteiger partial charge on any atom is 0.164 e. The lowest BCUT2D eigenvalue weighted by Crippen LogP contribution is -2.00. The fourth-order valence-corrected chi connectivity index (χ4v) is 8.63. The predicted octanol–water partition coefficient (Wildman–Crippen LogP) is 13.0. The van der Waals surface area contributed by atoms with Gasteiger partial charge in [-0.15, -0.1) is 0 Å². The van der Waals surface area contributed by atoms with Crippen LogP contribution >= 0.6 is 0 Å². The molecule has 8 aromatic carbocycles. The van der Waals surface area contributed by atoms with Gasteiger partial charge in [-0.1, -0.05) is 121 Å². The first-order valence-corrected chi connectivity index (χ1v) is 19.1. The number of nitrogens with zero attached hydrogens (tertiary/aromatic N) is 5. The summed E-state index contributed by atoms with van der Waals surface area (Å²) >= 11 is 0. The van der Waals surface area contributed by atoms with E-state index in [2.05, 4.69) is 130 Å². The SMILES string of the molecule is c1ccc(-c2nc(-c3ccccc3)nc(-c3ccc4c(c3)oc3ccc(-n5c6ccccc6c6c7c8ccccc8n(-c8ccccc8)c7ccc65)cc34)n2)cc1. The molecule has 0 aliphatic rings. The third-order valence-electron chi connectivity index (χ3n) is 11.2. The van der Waals surface area contributed by atoms with Gasteiger partial charge < -0.3 is 13.6 Å². The number of para-hydroxylation sites is 3. The molecule has 4 aromatic heterocycles. The summed E-state index contributed by atoms with van der Waals surface area (Å²) in [6.45, 7) is 0. The third-order valence-corrected chi connectivity index (χ3v) is 11.2. The van der Waals surface area contributed by atoms with Crippen LogP contribution in [-0.2, 0) is 0 Å². The Labute approximate surface area is 326 Å². The normalized spacial score (nSPS) is 11.9. The van der Waals surface area contributed by atoms with Gasteiger partial charge in [0.05, 0.1) is 22.1 Å². The number of fused-ring (bicyclic) bond motifs is 10. The standard InChI is InChI=1S/C51H31N5O/c1-4-14-32(15-5-1)49-52-50(33-16-6-2-7-17-33)54-51(53-49)34-24-26-37-40-31-36(25-29-45(40)57-46(37)30-34)56-42-23-13-11-21-39(42)48-44(56)28-27-43-47(48)38-20-10-12-22-41(38)55(43)35-18-8-3-9-19-35/h1-31H. The molecule has 0 aliphatic carbocycles. The van der Waals surface area contributed by atoms with Crippen molar-refractivity contribution < 1.29 is 4.42 Å². The van der Waals surface area contributed by atoms with E-state index in [4.69, 9.17) is 19.4 Å². The molecule has 12 aromatic rings. The van der Waals surface area contributed by atoms with Crippen LogP contribution in [0.3, 0.4) is 0 Å². The highest BCUT2D eigenvalue weighted by atomic mass is 16.3. The Morgan fingerprint density at radius 1 is 0.316 bits per heavy atom. The molecule has 0 amide bonds. The molecule has 0 N–H and O–H groups in total. The van der Waals surface area contributed by atoms with Crippen molar-refractivity contribution in [2.24, 2.45) is 0 Å². The van der Waals surface area contributed by atoms with Gasteiger partial charge in [-0.05, 0) is 66.7 Å². The highest BCUT2D eigenvalue weighted by Crippen LogP contribution is 2.43. The van der Waals surface area contributed by atoms with Gasteiger partial charge in [0.2, 0.25) is 0 Å². The molecule has 4 heterocycles. The van der Waals surface area contributed by atoms with E-state index in [1.165, 1.54) is 32.6 Å². The van der Waals surface area contributed by atoms with Crippen LogP contribution in [0.4, 0.5) is 0 Å². The quantitative estimate of drug-likeness (QED) is 0.177. The number of rotatable bonds is 5. The molecule has 0 atom stereocenters. The van der Waals surface area contributed by atoms with Gasteiger partial charge in [0, 0.05) is 60.4 Å². The Balaban J connectivity index is 1.04. The van der Waals surface area contributed by atoms with E-state index in [1.54, 1.807) is 0 Å². The minimum absolute atomic E-state index is 0.593. The Bertz CT molecular complexity index is 3450. The number of aromatic nitrogens is 5. The molecule has 0 fully saturated rings. The summed E-state index contributed by atoms with van der Waals surface area (Å²) < 4.78 is 11.3. The summed E-state index contributed by atoms with van der Waals surface area (Å²) in [5.41, 5.74) is 11.3. The molecule has 0 spiro atoms. The second kappa shape index (κ2) is 12.3. The summed E-state index contributed by atoms with van der Waals surface area (Å²) in [4.78, 5) is 14.8. The van der Waals surface area contributed by atoms with Crippen LogP contribution < -0.4 is 0 Å². The minimum atomic E-state index is 0.593. The van der Waals surface area contributed by atoms with Crippen molar-refractivity contribution in [2.45, 2.75) is 0 Å². The molecule has 0 saturated heterocycles. The molecule has 0 saturated carbocycles. The number of furan rings is 1. The van der Waals surface area contributed by atoms with Crippen LogP contribution in [0, 0.1) is 0 Å².